The van der Waals surface area contributed by atoms with Crippen LogP contribution in [0, 0.1) is 18.6 Å². The topological polar surface area (TPSA) is 111 Å². The maximum Gasteiger partial charge on any atom is 0.340 e. The molecule has 0 bridgehead atoms. The Bertz CT molecular complexity index is 1570. The minimum atomic E-state index is -2.08. The second-order valence-corrected chi connectivity index (χ2v) is 8.61. The van der Waals surface area contributed by atoms with Crippen LogP contribution in [0.4, 0.5) is 8.78 Å². The predicted molar refractivity (Wildman–Crippen MR) is 133 cm³/mol. The fraction of sp³-hybridized carbons (Fsp3) is 0.0769. The molecule has 1 atom stereocenters. The Morgan fingerprint density at radius 2 is 1.81 bits per heavy atom. The number of benzene rings is 2. The summed E-state index contributed by atoms with van der Waals surface area (Å²) in [6.07, 6.45) is 3.37. The van der Waals surface area contributed by atoms with Crippen LogP contribution in [0.1, 0.15) is 17.3 Å². The van der Waals surface area contributed by atoms with Gasteiger partial charge in [0.2, 0.25) is 0 Å². The first-order chi connectivity index (χ1) is 17.3. The third kappa shape index (κ3) is 4.95. The smallest absolute Gasteiger partial charge is 0.340 e. The summed E-state index contributed by atoms with van der Waals surface area (Å²) in [6.45, 7) is 1.48. The number of aryl methyl sites for hydroxylation is 1. The summed E-state index contributed by atoms with van der Waals surface area (Å²) in [5.41, 5.74) is 2.44. The molecule has 0 aliphatic rings. The summed E-state index contributed by atoms with van der Waals surface area (Å²) in [4.78, 5) is 22.9. The fourth-order valence-corrected chi connectivity index (χ4v) is 4.03. The molecule has 0 spiro atoms. The molecule has 2 N–H and O–H groups in total. The van der Waals surface area contributed by atoms with Crippen molar-refractivity contribution in [1.82, 2.24) is 15.0 Å². The molecule has 0 saturated carbocycles. The lowest BCUT2D eigenvalue weighted by Gasteiger charge is -2.07. The number of esters is 1. The largest absolute Gasteiger partial charge is 0.768 e. The first-order valence-corrected chi connectivity index (χ1v) is 11.7. The summed E-state index contributed by atoms with van der Waals surface area (Å²) in [5, 5.41) is 0.831. The number of H-pyrrole nitrogens is 2. The van der Waals surface area contributed by atoms with Crippen molar-refractivity contribution < 1.29 is 28.5 Å². The highest BCUT2D eigenvalue weighted by Gasteiger charge is 2.23. The molecule has 5 rings (SSSR count). The summed E-state index contributed by atoms with van der Waals surface area (Å²) in [6, 6.07) is 16.3. The molecule has 3 heterocycles. The molecule has 0 saturated heterocycles. The number of hydrogen-bond acceptors (Lipinski definition) is 5. The SMILES string of the molecule is COC(=O)c1cc(-c2ccnc3[nH]ccc23)[nH]c1-c1ccc(C)c(F)c1F.O=S([O-])c1ccccc1.[HH]. The zero-order chi connectivity index (χ0) is 25.8. The molecule has 1 unspecified atom stereocenters. The number of rotatable bonds is 4. The Labute approximate surface area is 208 Å². The lowest BCUT2D eigenvalue weighted by Crippen LogP contribution is -2.03. The summed E-state index contributed by atoms with van der Waals surface area (Å²) >= 11 is -2.08. The highest BCUT2D eigenvalue weighted by Crippen LogP contribution is 2.34. The fourth-order valence-electron chi connectivity index (χ4n) is 3.65. The summed E-state index contributed by atoms with van der Waals surface area (Å²) < 4.78 is 53.8. The van der Waals surface area contributed by atoms with E-state index in [1.54, 1.807) is 54.9 Å². The van der Waals surface area contributed by atoms with Gasteiger partial charge in [-0.3, -0.25) is 4.21 Å². The van der Waals surface area contributed by atoms with Crippen molar-refractivity contribution in [3.63, 3.8) is 0 Å². The van der Waals surface area contributed by atoms with Gasteiger partial charge < -0.3 is 19.3 Å². The zero-order valence-corrected chi connectivity index (χ0v) is 20.0. The number of aromatic amines is 2. The Morgan fingerprint density at radius 3 is 2.47 bits per heavy atom. The zero-order valence-electron chi connectivity index (χ0n) is 19.2. The molecule has 10 heteroatoms. The van der Waals surface area contributed by atoms with Gasteiger partial charge in [-0.25, -0.2) is 18.6 Å². The molecule has 0 radical (unpaired) electrons. The van der Waals surface area contributed by atoms with E-state index in [-0.39, 0.29) is 23.8 Å². The molecule has 2 aromatic carbocycles. The van der Waals surface area contributed by atoms with E-state index in [4.69, 9.17) is 4.74 Å². The quantitative estimate of drug-likeness (QED) is 0.236. The number of carbonyl (C=O) groups is 1. The van der Waals surface area contributed by atoms with Crippen LogP contribution in [0.5, 0.6) is 0 Å². The van der Waals surface area contributed by atoms with Crippen molar-refractivity contribution in [2.75, 3.05) is 7.11 Å². The van der Waals surface area contributed by atoms with E-state index in [9.17, 15) is 22.3 Å². The third-order valence-corrected chi connectivity index (χ3v) is 6.11. The Balaban J connectivity index is 0.000000324. The molecule has 5 aromatic rings. The normalized spacial score (nSPS) is 11.6. The van der Waals surface area contributed by atoms with E-state index in [2.05, 4.69) is 15.0 Å². The minimum Gasteiger partial charge on any atom is -0.768 e. The van der Waals surface area contributed by atoms with Gasteiger partial charge >= 0.3 is 5.97 Å². The van der Waals surface area contributed by atoms with Crippen LogP contribution in [0.15, 0.2) is 78.0 Å². The van der Waals surface area contributed by atoms with Gasteiger partial charge in [-0.15, -0.1) is 0 Å². The lowest BCUT2D eigenvalue weighted by atomic mass is 10.0. The standard InChI is InChI=1S/C20H15F2N3O2.C6H6O2S.H2/c1-10-3-4-13(17(22)16(10)21)18-14(20(26)27-2)9-15(25-18)11-5-7-23-19-12(11)6-8-24-19;7-9(8)6-4-2-1-3-5-6;/h3-9,25H,1-2H3,(H,23,24);1-5H,(H,7,8);1H/p-1. The number of halogens is 2. The second kappa shape index (κ2) is 10.6. The van der Waals surface area contributed by atoms with Crippen LogP contribution in [-0.2, 0) is 15.8 Å². The number of nitrogens with one attached hydrogen (secondary N) is 2. The number of ether oxygens (including phenoxy) is 1. The van der Waals surface area contributed by atoms with Gasteiger partial charge in [-0.2, -0.15) is 0 Å². The number of hydrogen-bond donors (Lipinski definition) is 2. The van der Waals surface area contributed by atoms with Crippen LogP contribution >= 0.6 is 0 Å². The molecular weight excluding hydrogens is 488 g/mol. The van der Waals surface area contributed by atoms with Crippen molar-refractivity contribution in [1.29, 1.82) is 0 Å². The highest BCUT2D eigenvalue weighted by molar-refractivity contribution is 7.79. The number of carbonyl (C=O) groups excluding carboxylic acids is 1. The van der Waals surface area contributed by atoms with Gasteiger partial charge in [0.05, 0.1) is 18.4 Å². The Kier molecular flexibility index (Phi) is 7.37. The van der Waals surface area contributed by atoms with Crippen LogP contribution in [-0.4, -0.2) is 36.8 Å². The molecule has 0 amide bonds. The average Bonchev–Trinajstić information content (AvgIpc) is 3.55. The minimum absolute atomic E-state index is 0. The molecule has 0 fully saturated rings. The first kappa shape index (κ1) is 25.0. The van der Waals surface area contributed by atoms with Crippen molar-refractivity contribution in [3.05, 3.63) is 95.8 Å². The van der Waals surface area contributed by atoms with Crippen molar-refractivity contribution >= 4 is 28.1 Å². The maximum atomic E-state index is 14.5. The molecule has 0 aliphatic carbocycles. The third-order valence-electron chi connectivity index (χ3n) is 5.45. The van der Waals surface area contributed by atoms with E-state index in [1.165, 1.54) is 26.2 Å². The van der Waals surface area contributed by atoms with Gasteiger partial charge in [0.1, 0.15) is 5.65 Å². The van der Waals surface area contributed by atoms with Crippen molar-refractivity contribution in [2.24, 2.45) is 0 Å². The number of pyridine rings is 1. The summed E-state index contributed by atoms with van der Waals surface area (Å²) in [5.74, 6) is -2.61. The Hall–Kier alpha value is -4.15. The van der Waals surface area contributed by atoms with Gasteiger partial charge in [0, 0.05) is 40.9 Å². The van der Waals surface area contributed by atoms with Crippen LogP contribution in [0.2, 0.25) is 0 Å². The number of aromatic nitrogens is 3. The molecule has 36 heavy (non-hydrogen) atoms. The maximum absolute atomic E-state index is 14.5. The number of nitrogens with zero attached hydrogens (tertiary/aromatic N) is 1. The number of methoxy groups -OCH3 is 1. The molecule has 7 nitrogen and oxygen atoms in total. The average molecular weight is 511 g/mol. The van der Waals surface area contributed by atoms with Gasteiger partial charge in [-0.05, 0) is 60.0 Å². The molecule has 186 valence electrons. The monoisotopic (exact) mass is 510 g/mol. The Morgan fingerprint density at radius 1 is 1.06 bits per heavy atom. The van der Waals surface area contributed by atoms with Crippen LogP contribution in [0.25, 0.3) is 33.5 Å². The van der Waals surface area contributed by atoms with Crippen LogP contribution in [0.3, 0.4) is 0 Å². The number of fused-ring (bicyclic) bond motifs is 1. The molecule has 0 aliphatic heterocycles. The van der Waals surface area contributed by atoms with Gasteiger partial charge in [0.15, 0.2) is 11.6 Å². The van der Waals surface area contributed by atoms with E-state index < -0.39 is 28.7 Å². The second-order valence-electron chi connectivity index (χ2n) is 7.67. The van der Waals surface area contributed by atoms with Gasteiger partial charge in [0.25, 0.3) is 0 Å². The predicted octanol–water partition coefficient (Wildman–Crippen LogP) is 5.77. The van der Waals surface area contributed by atoms with E-state index >= 15 is 0 Å². The van der Waals surface area contributed by atoms with E-state index in [0.717, 1.165) is 10.9 Å². The van der Waals surface area contributed by atoms with Gasteiger partial charge in [-0.1, -0.05) is 24.3 Å². The van der Waals surface area contributed by atoms with Crippen molar-refractivity contribution in [3.8, 4) is 22.5 Å². The van der Waals surface area contributed by atoms with E-state index in [0.29, 0.717) is 16.2 Å². The highest BCUT2D eigenvalue weighted by atomic mass is 32.2. The van der Waals surface area contributed by atoms with E-state index in [1.807, 2.05) is 6.07 Å². The molecular formula is C26H22F2N3O4S-. The van der Waals surface area contributed by atoms with Crippen LogP contribution < -0.4 is 0 Å². The lowest BCUT2D eigenvalue weighted by molar-refractivity contribution is 0.0602. The molecule has 3 aromatic heterocycles. The summed E-state index contributed by atoms with van der Waals surface area (Å²) in [7, 11) is 1.24. The van der Waals surface area contributed by atoms with Crippen molar-refractivity contribution in [2.45, 2.75) is 11.8 Å². The first-order valence-electron chi connectivity index (χ1n) is 10.6.